The molecule has 0 spiro atoms. The molecule has 2 aromatic carbocycles. The van der Waals surface area contributed by atoms with E-state index in [2.05, 4.69) is 14.8 Å². The summed E-state index contributed by atoms with van der Waals surface area (Å²) in [5.74, 6) is 0.997. The quantitative estimate of drug-likeness (QED) is 0.438. The van der Waals surface area contributed by atoms with E-state index in [0.29, 0.717) is 32.0 Å². The summed E-state index contributed by atoms with van der Waals surface area (Å²) < 4.78 is 0. The number of piperazine rings is 1. The van der Waals surface area contributed by atoms with Crippen molar-refractivity contribution >= 4 is 17.4 Å². The summed E-state index contributed by atoms with van der Waals surface area (Å²) in [5.41, 5.74) is 8.30. The van der Waals surface area contributed by atoms with Crippen molar-refractivity contribution in [2.75, 3.05) is 31.1 Å². The van der Waals surface area contributed by atoms with E-state index in [4.69, 9.17) is 10.7 Å². The molecular weight excluding hydrogens is 420 g/mol. The Morgan fingerprint density at radius 1 is 1.06 bits per heavy atom. The van der Waals surface area contributed by atoms with Crippen LogP contribution in [0.15, 0.2) is 60.7 Å². The predicted octanol–water partition coefficient (Wildman–Crippen LogP) is 2.96. The summed E-state index contributed by atoms with van der Waals surface area (Å²) in [4.78, 5) is 36.4. The minimum absolute atomic E-state index is 0.0316. The first kappa shape index (κ1) is 22.3. The van der Waals surface area contributed by atoms with Crippen molar-refractivity contribution in [2.24, 2.45) is 5.73 Å². The zero-order valence-electron chi connectivity index (χ0n) is 18.4. The van der Waals surface area contributed by atoms with Crippen LogP contribution in [0.1, 0.15) is 24.2 Å². The highest BCUT2D eigenvalue weighted by molar-refractivity contribution is 5.81. The van der Waals surface area contributed by atoms with E-state index in [-0.39, 0.29) is 11.6 Å². The number of aryl methyl sites for hydroxylation is 1. The molecule has 0 radical (unpaired) electrons. The van der Waals surface area contributed by atoms with Gasteiger partial charge in [0.1, 0.15) is 11.9 Å². The summed E-state index contributed by atoms with van der Waals surface area (Å²) in [6, 6.07) is 17.4. The summed E-state index contributed by atoms with van der Waals surface area (Å²) in [7, 11) is 0. The fraction of sp³-hybridized carbons (Fsp3) is 0.292. The maximum atomic E-state index is 12.2. The lowest BCUT2D eigenvalue weighted by atomic mass is 10.0. The van der Waals surface area contributed by atoms with Crippen LogP contribution in [0.5, 0.6) is 0 Å². The Morgan fingerprint density at radius 2 is 1.73 bits per heavy atom. The number of anilines is 1. The van der Waals surface area contributed by atoms with Crippen LogP contribution in [0, 0.1) is 10.1 Å². The number of nitrogens with zero attached hydrogens (tertiary/aromatic N) is 5. The van der Waals surface area contributed by atoms with Crippen molar-refractivity contribution in [3.8, 4) is 11.4 Å². The molecule has 9 heteroatoms. The summed E-state index contributed by atoms with van der Waals surface area (Å²) in [6.07, 6.45) is 0.743. The maximum Gasteiger partial charge on any atom is 0.269 e. The van der Waals surface area contributed by atoms with Gasteiger partial charge in [0.15, 0.2) is 5.82 Å². The van der Waals surface area contributed by atoms with Gasteiger partial charge in [-0.25, -0.2) is 9.97 Å². The van der Waals surface area contributed by atoms with Gasteiger partial charge in [-0.1, -0.05) is 37.3 Å². The van der Waals surface area contributed by atoms with Crippen molar-refractivity contribution in [1.82, 2.24) is 14.9 Å². The molecule has 170 valence electrons. The van der Waals surface area contributed by atoms with Crippen molar-refractivity contribution in [1.29, 1.82) is 0 Å². The van der Waals surface area contributed by atoms with Crippen LogP contribution >= 0.6 is 0 Å². The first-order chi connectivity index (χ1) is 16.0. The van der Waals surface area contributed by atoms with Crippen molar-refractivity contribution in [2.45, 2.75) is 19.4 Å². The van der Waals surface area contributed by atoms with Crippen LogP contribution in [0.25, 0.3) is 11.4 Å². The number of nitro groups is 1. The van der Waals surface area contributed by atoms with Gasteiger partial charge in [0, 0.05) is 55.6 Å². The smallest absolute Gasteiger partial charge is 0.269 e. The number of nitrogens with two attached hydrogens (primary N) is 1. The van der Waals surface area contributed by atoms with E-state index in [0.717, 1.165) is 29.1 Å². The van der Waals surface area contributed by atoms with Crippen LogP contribution in [-0.2, 0) is 11.2 Å². The largest absolute Gasteiger partial charge is 0.368 e. The zero-order chi connectivity index (χ0) is 23.4. The molecular formula is C24H26N6O3. The number of hydrogen-bond acceptors (Lipinski definition) is 7. The topological polar surface area (TPSA) is 118 Å². The lowest BCUT2D eigenvalue weighted by Gasteiger charge is -2.38. The number of amides is 1. The van der Waals surface area contributed by atoms with Gasteiger partial charge in [0.05, 0.1) is 4.92 Å². The highest BCUT2D eigenvalue weighted by atomic mass is 16.6. The van der Waals surface area contributed by atoms with Crippen molar-refractivity contribution in [3.05, 3.63) is 82.0 Å². The van der Waals surface area contributed by atoms with Crippen LogP contribution in [0.4, 0.5) is 11.5 Å². The molecule has 1 aliphatic heterocycles. The molecule has 2 heterocycles. The van der Waals surface area contributed by atoms with Gasteiger partial charge in [0.25, 0.3) is 5.69 Å². The Morgan fingerprint density at radius 3 is 2.30 bits per heavy atom. The lowest BCUT2D eigenvalue weighted by Crippen LogP contribution is -2.50. The molecule has 0 aliphatic carbocycles. The molecule has 3 aromatic rings. The Kier molecular flexibility index (Phi) is 6.60. The highest BCUT2D eigenvalue weighted by Crippen LogP contribution is 2.26. The summed E-state index contributed by atoms with van der Waals surface area (Å²) in [5, 5.41) is 11.0. The van der Waals surface area contributed by atoms with Crippen LogP contribution in [0.2, 0.25) is 0 Å². The van der Waals surface area contributed by atoms with Crippen LogP contribution in [-0.4, -0.2) is 51.9 Å². The molecule has 0 bridgehead atoms. The molecule has 1 aromatic heterocycles. The second-order valence-electron chi connectivity index (χ2n) is 7.94. The average molecular weight is 447 g/mol. The molecule has 4 rings (SSSR count). The lowest BCUT2D eigenvalue weighted by molar-refractivity contribution is -0.384. The highest BCUT2D eigenvalue weighted by Gasteiger charge is 2.29. The number of hydrogen-bond donors (Lipinski definition) is 1. The van der Waals surface area contributed by atoms with E-state index in [1.807, 2.05) is 43.3 Å². The zero-order valence-corrected chi connectivity index (χ0v) is 18.4. The molecule has 33 heavy (non-hydrogen) atoms. The minimum Gasteiger partial charge on any atom is -0.368 e. The van der Waals surface area contributed by atoms with Gasteiger partial charge in [-0.05, 0) is 24.1 Å². The molecule has 1 saturated heterocycles. The number of rotatable bonds is 7. The fourth-order valence-electron chi connectivity index (χ4n) is 4.09. The Hall–Kier alpha value is -3.85. The van der Waals surface area contributed by atoms with Crippen molar-refractivity contribution < 1.29 is 9.72 Å². The van der Waals surface area contributed by atoms with E-state index in [1.165, 1.54) is 12.1 Å². The Bertz CT molecular complexity index is 1130. The predicted molar refractivity (Wildman–Crippen MR) is 126 cm³/mol. The number of carbonyl (C=O) groups excluding carboxylic acids is 1. The number of non-ortho nitro benzene ring substituents is 1. The molecule has 1 atom stereocenters. The number of nitro benzene ring substituents is 1. The second-order valence-corrected chi connectivity index (χ2v) is 7.94. The van der Waals surface area contributed by atoms with Gasteiger partial charge in [-0.3, -0.25) is 19.8 Å². The SMILES string of the molecule is CCc1cc(N2CCN(C(C(N)=O)c3ccccc3)CC2)nc(-c2ccc([N+](=O)[O-])cc2)n1. The molecule has 1 aliphatic rings. The van der Waals surface area contributed by atoms with Crippen molar-refractivity contribution in [3.63, 3.8) is 0 Å². The van der Waals surface area contributed by atoms with Gasteiger partial charge >= 0.3 is 0 Å². The molecule has 1 amide bonds. The van der Waals surface area contributed by atoms with E-state index in [9.17, 15) is 14.9 Å². The van der Waals surface area contributed by atoms with Crippen LogP contribution in [0.3, 0.4) is 0 Å². The van der Waals surface area contributed by atoms with Gasteiger partial charge in [0.2, 0.25) is 5.91 Å². The molecule has 1 fully saturated rings. The third-order valence-electron chi connectivity index (χ3n) is 5.85. The summed E-state index contributed by atoms with van der Waals surface area (Å²) >= 11 is 0. The van der Waals surface area contributed by atoms with Gasteiger partial charge < -0.3 is 10.6 Å². The maximum absolute atomic E-state index is 12.2. The Labute approximate surface area is 192 Å². The molecule has 9 nitrogen and oxygen atoms in total. The number of primary amides is 1. The van der Waals surface area contributed by atoms with E-state index in [1.54, 1.807) is 12.1 Å². The Balaban J connectivity index is 1.54. The standard InChI is InChI=1S/C24H26N6O3/c1-2-19-16-21(27-24(26-19)18-8-10-20(11-9-18)30(32)33)28-12-14-29(15-13-28)22(23(25)31)17-6-4-3-5-7-17/h3-11,16,22H,2,12-15H2,1H3,(H2,25,31). The molecule has 0 saturated carbocycles. The second kappa shape index (κ2) is 9.74. The molecule has 1 unspecified atom stereocenters. The minimum atomic E-state index is -0.458. The van der Waals surface area contributed by atoms with Gasteiger partial charge in [-0.2, -0.15) is 0 Å². The number of carbonyl (C=O) groups is 1. The van der Waals surface area contributed by atoms with E-state index >= 15 is 0 Å². The first-order valence-electron chi connectivity index (χ1n) is 10.9. The molecule has 2 N–H and O–H groups in total. The van der Waals surface area contributed by atoms with Crippen LogP contribution < -0.4 is 10.6 Å². The first-order valence-corrected chi connectivity index (χ1v) is 10.9. The monoisotopic (exact) mass is 446 g/mol. The fourth-order valence-corrected chi connectivity index (χ4v) is 4.09. The number of aromatic nitrogens is 2. The normalized spacial score (nSPS) is 15.2. The average Bonchev–Trinajstić information content (AvgIpc) is 2.85. The summed E-state index contributed by atoms with van der Waals surface area (Å²) in [6.45, 7) is 4.75. The number of benzene rings is 2. The van der Waals surface area contributed by atoms with E-state index < -0.39 is 11.0 Å². The third kappa shape index (κ3) is 4.98. The van der Waals surface area contributed by atoms with Gasteiger partial charge in [-0.15, -0.1) is 0 Å². The third-order valence-corrected chi connectivity index (χ3v) is 5.85.